The molecular formula is C12H12F3N3O2S. The molecule has 0 unspecified atom stereocenters. The molecule has 0 aromatic carbocycles. The number of thiophene rings is 1. The Morgan fingerprint density at radius 1 is 1.57 bits per heavy atom. The van der Waals surface area contributed by atoms with Gasteiger partial charge >= 0.3 is 12.1 Å². The molecule has 114 valence electrons. The van der Waals surface area contributed by atoms with Gasteiger partial charge in [0, 0.05) is 0 Å². The molecule has 1 aliphatic rings. The fourth-order valence-electron chi connectivity index (χ4n) is 1.81. The van der Waals surface area contributed by atoms with Crippen LogP contribution in [-0.2, 0) is 4.74 Å². The Morgan fingerprint density at radius 3 is 2.62 bits per heavy atom. The number of halogens is 3. The van der Waals surface area contributed by atoms with E-state index >= 15 is 0 Å². The molecule has 2 rings (SSSR count). The molecule has 0 atom stereocenters. The summed E-state index contributed by atoms with van der Waals surface area (Å²) < 4.78 is 43.6. The van der Waals surface area contributed by atoms with Crippen LogP contribution in [0.25, 0.3) is 0 Å². The molecule has 0 aliphatic heterocycles. The molecule has 0 radical (unpaired) electrons. The summed E-state index contributed by atoms with van der Waals surface area (Å²) in [6, 6.07) is 1.73. The van der Waals surface area contributed by atoms with Crippen LogP contribution in [-0.4, -0.2) is 24.3 Å². The largest absolute Gasteiger partial charge is 0.462 e. The van der Waals surface area contributed by atoms with Crippen molar-refractivity contribution in [2.75, 3.05) is 17.7 Å². The second-order valence-electron chi connectivity index (χ2n) is 4.59. The minimum Gasteiger partial charge on any atom is -0.462 e. The van der Waals surface area contributed by atoms with E-state index in [0.717, 1.165) is 0 Å². The highest BCUT2D eigenvalue weighted by atomic mass is 32.1. The van der Waals surface area contributed by atoms with Crippen molar-refractivity contribution in [1.82, 2.24) is 0 Å². The maximum atomic E-state index is 12.9. The van der Waals surface area contributed by atoms with Gasteiger partial charge in [0.25, 0.3) is 0 Å². The van der Waals surface area contributed by atoms with E-state index in [-0.39, 0.29) is 40.6 Å². The monoisotopic (exact) mass is 319 g/mol. The Balaban J connectivity index is 2.35. The first-order valence-electron chi connectivity index (χ1n) is 6.10. The molecule has 1 heterocycles. The maximum absolute atomic E-state index is 12.9. The zero-order valence-electron chi connectivity index (χ0n) is 11.0. The standard InChI is InChI=1S/C12H12F3N3O2S/c1-2-20-10(19)8-7(17)6(5-16)9(21-8)18-11(3-4-11)12(13,14)15/h18H,2-4,17H2,1H3. The summed E-state index contributed by atoms with van der Waals surface area (Å²) in [6.45, 7) is 1.70. The molecule has 1 aliphatic carbocycles. The Kier molecular flexibility index (Phi) is 3.76. The van der Waals surface area contributed by atoms with E-state index in [1.807, 2.05) is 0 Å². The van der Waals surface area contributed by atoms with Crippen LogP contribution in [0.15, 0.2) is 0 Å². The molecule has 1 fully saturated rings. The quantitative estimate of drug-likeness (QED) is 0.833. The zero-order chi connectivity index (χ0) is 15.8. The van der Waals surface area contributed by atoms with Crippen molar-refractivity contribution in [3.63, 3.8) is 0 Å². The summed E-state index contributed by atoms with van der Waals surface area (Å²) in [5.41, 5.74) is 3.33. The number of anilines is 2. The third-order valence-electron chi connectivity index (χ3n) is 3.16. The van der Waals surface area contributed by atoms with Gasteiger partial charge in [0.15, 0.2) is 0 Å². The average molecular weight is 319 g/mol. The smallest absolute Gasteiger partial charge is 0.411 e. The molecule has 1 aromatic rings. The number of carbonyl (C=O) groups is 1. The van der Waals surface area contributed by atoms with E-state index in [9.17, 15) is 18.0 Å². The highest BCUT2D eigenvalue weighted by Crippen LogP contribution is 2.53. The van der Waals surface area contributed by atoms with Crippen molar-refractivity contribution >= 4 is 28.0 Å². The summed E-state index contributed by atoms with van der Waals surface area (Å²) in [4.78, 5) is 11.6. The zero-order valence-corrected chi connectivity index (χ0v) is 11.8. The van der Waals surface area contributed by atoms with Gasteiger partial charge < -0.3 is 15.8 Å². The van der Waals surface area contributed by atoms with Crippen LogP contribution < -0.4 is 11.1 Å². The molecule has 0 spiro atoms. The van der Waals surface area contributed by atoms with Crippen LogP contribution in [0.1, 0.15) is 35.0 Å². The molecular weight excluding hydrogens is 307 g/mol. The van der Waals surface area contributed by atoms with Gasteiger partial charge in [-0.1, -0.05) is 0 Å². The second-order valence-corrected chi connectivity index (χ2v) is 5.61. The predicted molar refractivity (Wildman–Crippen MR) is 71.0 cm³/mol. The summed E-state index contributed by atoms with van der Waals surface area (Å²) in [7, 11) is 0. The van der Waals surface area contributed by atoms with Crippen LogP contribution in [0, 0.1) is 11.3 Å². The predicted octanol–water partition coefficient (Wildman–Crippen LogP) is 2.89. The normalized spacial score (nSPS) is 16.1. The Hall–Kier alpha value is -1.95. The van der Waals surface area contributed by atoms with Crippen molar-refractivity contribution in [2.24, 2.45) is 0 Å². The number of alkyl halides is 3. The summed E-state index contributed by atoms with van der Waals surface area (Å²) in [5.74, 6) is -0.749. The third kappa shape index (κ3) is 2.63. The molecule has 5 nitrogen and oxygen atoms in total. The van der Waals surface area contributed by atoms with Gasteiger partial charge in [-0.15, -0.1) is 11.3 Å². The molecule has 21 heavy (non-hydrogen) atoms. The van der Waals surface area contributed by atoms with Gasteiger partial charge in [-0.25, -0.2) is 4.79 Å². The number of nitrogen functional groups attached to an aromatic ring is 1. The number of carbonyl (C=O) groups excluding carboxylic acids is 1. The Bertz CT molecular complexity index is 614. The SMILES string of the molecule is CCOC(=O)c1sc(NC2(C(F)(F)F)CC2)c(C#N)c1N. The number of nitrogens with zero attached hydrogens (tertiary/aromatic N) is 1. The molecule has 1 saturated carbocycles. The van der Waals surface area contributed by atoms with Crippen molar-refractivity contribution < 1.29 is 22.7 Å². The third-order valence-corrected chi connectivity index (χ3v) is 4.26. The number of hydrogen-bond acceptors (Lipinski definition) is 6. The number of nitrogens with two attached hydrogens (primary N) is 1. The number of nitriles is 1. The van der Waals surface area contributed by atoms with Crippen LogP contribution in [0.2, 0.25) is 0 Å². The van der Waals surface area contributed by atoms with Gasteiger partial charge in [0.1, 0.15) is 27.0 Å². The van der Waals surface area contributed by atoms with Gasteiger partial charge in [-0.3, -0.25) is 0 Å². The molecule has 0 bridgehead atoms. The number of nitrogens with one attached hydrogen (secondary N) is 1. The lowest BCUT2D eigenvalue weighted by molar-refractivity contribution is -0.151. The van der Waals surface area contributed by atoms with E-state index < -0.39 is 17.7 Å². The number of esters is 1. The molecule has 0 saturated heterocycles. The van der Waals surface area contributed by atoms with Crippen molar-refractivity contribution in [2.45, 2.75) is 31.5 Å². The lowest BCUT2D eigenvalue weighted by Crippen LogP contribution is -2.38. The highest BCUT2D eigenvalue weighted by molar-refractivity contribution is 7.18. The van der Waals surface area contributed by atoms with E-state index in [1.54, 1.807) is 13.0 Å². The first-order valence-corrected chi connectivity index (χ1v) is 6.92. The fraction of sp³-hybridized carbons (Fsp3) is 0.500. The van der Waals surface area contributed by atoms with Gasteiger partial charge in [-0.05, 0) is 19.8 Å². The minimum atomic E-state index is -4.43. The molecule has 0 amide bonds. The number of ether oxygens (including phenoxy) is 1. The van der Waals surface area contributed by atoms with Crippen LogP contribution in [0.5, 0.6) is 0 Å². The Morgan fingerprint density at radius 2 is 2.19 bits per heavy atom. The number of rotatable bonds is 4. The molecule has 1 aromatic heterocycles. The highest BCUT2D eigenvalue weighted by Gasteiger charge is 2.64. The van der Waals surface area contributed by atoms with Crippen molar-refractivity contribution in [1.29, 1.82) is 5.26 Å². The van der Waals surface area contributed by atoms with Crippen molar-refractivity contribution in [3.8, 4) is 6.07 Å². The molecule has 9 heteroatoms. The van der Waals surface area contributed by atoms with Crippen molar-refractivity contribution in [3.05, 3.63) is 10.4 Å². The lowest BCUT2D eigenvalue weighted by atomic mass is 10.2. The topological polar surface area (TPSA) is 88.1 Å². The minimum absolute atomic E-state index is 0.0483. The van der Waals surface area contributed by atoms with Crippen LogP contribution in [0.4, 0.5) is 23.9 Å². The summed E-state index contributed by atoms with van der Waals surface area (Å²) in [5, 5.41) is 11.3. The summed E-state index contributed by atoms with van der Waals surface area (Å²) in [6.07, 6.45) is -4.58. The van der Waals surface area contributed by atoms with Gasteiger partial charge in [0.05, 0.1) is 12.3 Å². The second kappa shape index (κ2) is 5.11. The fourth-order valence-corrected chi connectivity index (χ4v) is 2.88. The summed E-state index contributed by atoms with van der Waals surface area (Å²) >= 11 is 0.709. The van der Waals surface area contributed by atoms with E-state index in [4.69, 9.17) is 15.7 Å². The van der Waals surface area contributed by atoms with Crippen LogP contribution in [0.3, 0.4) is 0 Å². The average Bonchev–Trinajstić information content (AvgIpc) is 3.10. The first-order chi connectivity index (χ1) is 9.75. The van der Waals surface area contributed by atoms with E-state index in [2.05, 4.69) is 5.32 Å². The van der Waals surface area contributed by atoms with E-state index in [0.29, 0.717) is 11.3 Å². The van der Waals surface area contributed by atoms with E-state index in [1.165, 1.54) is 0 Å². The number of hydrogen-bond donors (Lipinski definition) is 2. The van der Waals surface area contributed by atoms with Crippen LogP contribution >= 0.6 is 11.3 Å². The molecule has 3 N–H and O–H groups in total. The van der Waals surface area contributed by atoms with Gasteiger partial charge in [-0.2, -0.15) is 18.4 Å². The Labute approximate surface area is 122 Å². The lowest BCUT2D eigenvalue weighted by Gasteiger charge is -2.20. The first kappa shape index (κ1) is 15.4. The maximum Gasteiger partial charge on any atom is 0.411 e. The van der Waals surface area contributed by atoms with Gasteiger partial charge in [0.2, 0.25) is 0 Å².